The Bertz CT molecular complexity index is 2510. The van der Waals surface area contributed by atoms with Crippen LogP contribution in [0.3, 0.4) is 0 Å². The zero-order chi connectivity index (χ0) is 34.7. The van der Waals surface area contributed by atoms with Crippen molar-refractivity contribution in [3.05, 3.63) is 212 Å². The number of benzene rings is 7. The highest BCUT2D eigenvalue weighted by Gasteiger charge is 2.45. The second-order valence-electron chi connectivity index (χ2n) is 13.0. The molecular formula is C48H35N3Si. The molecule has 0 N–H and O–H groups in total. The number of hydrogen-bond donors (Lipinski definition) is 0. The van der Waals surface area contributed by atoms with E-state index >= 15 is 0 Å². The van der Waals surface area contributed by atoms with Gasteiger partial charge in [-0.25, -0.2) is 9.97 Å². The van der Waals surface area contributed by atoms with Gasteiger partial charge in [-0.2, -0.15) is 0 Å². The van der Waals surface area contributed by atoms with Crippen LogP contribution < -0.4 is 20.7 Å². The van der Waals surface area contributed by atoms with Crippen molar-refractivity contribution in [1.29, 1.82) is 0 Å². The Morgan fingerprint density at radius 2 is 0.865 bits per heavy atom. The van der Waals surface area contributed by atoms with E-state index < -0.39 is 8.07 Å². The van der Waals surface area contributed by atoms with Gasteiger partial charge in [0.25, 0.3) is 0 Å². The second-order valence-corrected chi connectivity index (χ2v) is 16.7. The Labute approximate surface area is 305 Å². The SMILES string of the molecule is c1ccc(-c2cc(-c3ccccc3)nc(-c3ccccc3[Si](c3ccccc3)(c3ccccc3)c3cn(-c4ccccc4)c4ccccc34)n2)cc1. The lowest BCUT2D eigenvalue weighted by molar-refractivity contribution is 1.13. The van der Waals surface area contributed by atoms with Gasteiger partial charge in [-0.15, -0.1) is 0 Å². The minimum Gasteiger partial charge on any atom is -0.317 e. The normalized spacial score (nSPS) is 11.5. The van der Waals surface area contributed by atoms with Crippen LogP contribution in [0, 0.1) is 0 Å². The molecule has 3 nitrogen and oxygen atoms in total. The molecule has 0 aliphatic carbocycles. The van der Waals surface area contributed by atoms with E-state index in [4.69, 9.17) is 9.97 Å². The summed E-state index contributed by atoms with van der Waals surface area (Å²) in [5.41, 5.74) is 7.25. The minimum absolute atomic E-state index is 0.714. The lowest BCUT2D eigenvalue weighted by Crippen LogP contribution is -2.75. The quantitative estimate of drug-likeness (QED) is 0.119. The molecular weight excluding hydrogens is 647 g/mol. The first kappa shape index (κ1) is 31.4. The Balaban J connectivity index is 1.41. The number of nitrogens with zero attached hydrogens (tertiary/aromatic N) is 3. The predicted molar refractivity (Wildman–Crippen MR) is 219 cm³/mol. The van der Waals surface area contributed by atoms with E-state index in [-0.39, 0.29) is 0 Å². The van der Waals surface area contributed by atoms with E-state index in [0.29, 0.717) is 5.82 Å². The second kappa shape index (κ2) is 13.6. The van der Waals surface area contributed by atoms with Crippen LogP contribution in [-0.4, -0.2) is 22.6 Å². The summed E-state index contributed by atoms with van der Waals surface area (Å²) < 4.78 is 2.36. The van der Waals surface area contributed by atoms with Gasteiger partial charge in [0.05, 0.1) is 16.9 Å². The summed E-state index contributed by atoms with van der Waals surface area (Å²) in [5, 5.41) is 6.40. The van der Waals surface area contributed by atoms with Gasteiger partial charge in [-0.05, 0) is 45.0 Å². The summed E-state index contributed by atoms with van der Waals surface area (Å²) in [6.45, 7) is 0. The van der Waals surface area contributed by atoms with Crippen LogP contribution in [0.25, 0.3) is 50.5 Å². The molecule has 4 heteroatoms. The summed E-state index contributed by atoms with van der Waals surface area (Å²) in [6, 6.07) is 73.6. The van der Waals surface area contributed by atoms with Crippen molar-refractivity contribution in [3.8, 4) is 39.6 Å². The van der Waals surface area contributed by atoms with E-state index in [2.05, 4.69) is 205 Å². The van der Waals surface area contributed by atoms with Crippen LogP contribution in [0.15, 0.2) is 212 Å². The Morgan fingerprint density at radius 3 is 1.44 bits per heavy atom. The third kappa shape index (κ3) is 5.47. The number of rotatable bonds is 8. The molecule has 0 aliphatic rings. The van der Waals surface area contributed by atoms with Gasteiger partial charge in [-0.1, -0.05) is 182 Å². The van der Waals surface area contributed by atoms with E-state index in [9.17, 15) is 0 Å². The van der Waals surface area contributed by atoms with Gasteiger partial charge in [-0.3, -0.25) is 0 Å². The molecule has 0 saturated carbocycles. The topological polar surface area (TPSA) is 30.7 Å². The first-order valence-electron chi connectivity index (χ1n) is 17.7. The summed E-state index contributed by atoms with van der Waals surface area (Å²) in [4.78, 5) is 10.8. The van der Waals surface area contributed by atoms with Crippen LogP contribution in [0.1, 0.15) is 0 Å². The van der Waals surface area contributed by atoms with Gasteiger partial charge >= 0.3 is 0 Å². The first-order valence-corrected chi connectivity index (χ1v) is 19.7. The zero-order valence-corrected chi connectivity index (χ0v) is 29.5. The smallest absolute Gasteiger partial charge is 0.182 e. The zero-order valence-electron chi connectivity index (χ0n) is 28.5. The maximum atomic E-state index is 5.38. The fourth-order valence-electron chi connectivity index (χ4n) is 7.68. The van der Waals surface area contributed by atoms with Crippen LogP contribution in [-0.2, 0) is 0 Å². The molecule has 0 atom stereocenters. The average molecular weight is 682 g/mol. The molecule has 52 heavy (non-hydrogen) atoms. The molecule has 0 unspecified atom stereocenters. The molecule has 246 valence electrons. The Kier molecular flexibility index (Phi) is 8.20. The van der Waals surface area contributed by atoms with Gasteiger partial charge in [0.1, 0.15) is 0 Å². The van der Waals surface area contributed by atoms with Crippen LogP contribution in [0.4, 0.5) is 0 Å². The maximum Gasteiger partial charge on any atom is 0.182 e. The molecule has 2 heterocycles. The molecule has 7 aromatic carbocycles. The third-order valence-electron chi connectivity index (χ3n) is 10.0. The van der Waals surface area contributed by atoms with Crippen LogP contribution in [0.5, 0.6) is 0 Å². The molecule has 0 saturated heterocycles. The van der Waals surface area contributed by atoms with Crippen molar-refractivity contribution in [1.82, 2.24) is 14.5 Å². The fraction of sp³-hybridized carbons (Fsp3) is 0. The molecule has 0 fully saturated rings. The van der Waals surface area contributed by atoms with E-state index in [0.717, 1.165) is 33.8 Å². The van der Waals surface area contributed by atoms with Crippen molar-refractivity contribution in [2.45, 2.75) is 0 Å². The molecule has 0 amide bonds. The molecule has 0 spiro atoms. The standard InChI is InChI=1S/C48H35N3Si/c1-6-20-36(21-7-1)43-34-44(37-22-8-2-9-23-37)50-48(49-43)42-31-17-19-33-46(42)52(39-26-12-4-13-27-39,40-28-14-5-15-29-40)47-35-51(38-24-10-3-11-25-38)45-32-18-16-30-41(45)47/h1-35H. The van der Waals surface area contributed by atoms with E-state index in [1.165, 1.54) is 31.6 Å². The molecule has 0 radical (unpaired) electrons. The summed E-state index contributed by atoms with van der Waals surface area (Å²) >= 11 is 0. The highest BCUT2D eigenvalue weighted by Crippen LogP contribution is 2.29. The number of para-hydroxylation sites is 2. The van der Waals surface area contributed by atoms with Crippen molar-refractivity contribution >= 4 is 39.7 Å². The van der Waals surface area contributed by atoms with Crippen LogP contribution >= 0.6 is 0 Å². The van der Waals surface area contributed by atoms with Gasteiger partial charge < -0.3 is 4.57 Å². The first-order chi connectivity index (χ1) is 25.8. The number of fused-ring (bicyclic) bond motifs is 1. The van der Waals surface area contributed by atoms with E-state index in [1.807, 2.05) is 12.1 Å². The molecule has 0 aliphatic heterocycles. The Hall–Kier alpha value is -6.62. The molecule has 2 aromatic heterocycles. The van der Waals surface area contributed by atoms with Crippen molar-refractivity contribution in [2.24, 2.45) is 0 Å². The van der Waals surface area contributed by atoms with Crippen molar-refractivity contribution in [2.75, 3.05) is 0 Å². The summed E-state index contributed by atoms with van der Waals surface area (Å²) in [5.74, 6) is 0.714. The maximum absolute atomic E-state index is 5.38. The van der Waals surface area contributed by atoms with Crippen molar-refractivity contribution < 1.29 is 0 Å². The van der Waals surface area contributed by atoms with Crippen LogP contribution in [0.2, 0.25) is 0 Å². The van der Waals surface area contributed by atoms with Gasteiger partial charge in [0.2, 0.25) is 0 Å². The summed E-state index contributed by atoms with van der Waals surface area (Å²) in [6.07, 6.45) is 2.40. The average Bonchev–Trinajstić information content (AvgIpc) is 3.63. The van der Waals surface area contributed by atoms with Gasteiger partial charge in [0.15, 0.2) is 13.9 Å². The Morgan fingerprint density at radius 1 is 0.404 bits per heavy atom. The van der Waals surface area contributed by atoms with Gasteiger partial charge in [0, 0.05) is 34.0 Å². The largest absolute Gasteiger partial charge is 0.317 e. The lowest BCUT2D eigenvalue weighted by Gasteiger charge is -2.35. The highest BCUT2D eigenvalue weighted by molar-refractivity contribution is 7.21. The van der Waals surface area contributed by atoms with E-state index in [1.54, 1.807) is 0 Å². The highest BCUT2D eigenvalue weighted by atomic mass is 28.3. The number of aromatic nitrogens is 3. The molecule has 0 bridgehead atoms. The van der Waals surface area contributed by atoms with Crippen molar-refractivity contribution in [3.63, 3.8) is 0 Å². The summed E-state index contributed by atoms with van der Waals surface area (Å²) in [7, 11) is -3.10. The predicted octanol–water partition coefficient (Wildman–Crippen LogP) is 8.80. The monoisotopic (exact) mass is 681 g/mol. The number of hydrogen-bond acceptors (Lipinski definition) is 2. The third-order valence-corrected chi connectivity index (χ3v) is 14.9. The molecule has 9 rings (SSSR count). The fourth-order valence-corrected chi connectivity index (χ4v) is 12.8. The minimum atomic E-state index is -3.10. The lowest BCUT2D eigenvalue weighted by atomic mass is 10.1. The molecule has 9 aromatic rings.